The van der Waals surface area contributed by atoms with Gasteiger partial charge in [-0.3, -0.25) is 9.59 Å². The Morgan fingerprint density at radius 3 is 2.26 bits per heavy atom. The van der Waals surface area contributed by atoms with Gasteiger partial charge < -0.3 is 10.6 Å². The van der Waals surface area contributed by atoms with E-state index in [0.717, 1.165) is 30.5 Å². The van der Waals surface area contributed by atoms with Crippen LogP contribution in [0.4, 0.5) is 13.2 Å². The van der Waals surface area contributed by atoms with E-state index in [0.29, 0.717) is 17.7 Å². The molecule has 0 unspecified atom stereocenters. The summed E-state index contributed by atoms with van der Waals surface area (Å²) in [6, 6.07) is 11.6. The van der Waals surface area contributed by atoms with Crippen molar-refractivity contribution in [2.24, 2.45) is 5.73 Å². The lowest BCUT2D eigenvalue weighted by atomic mass is 10.1. The van der Waals surface area contributed by atoms with Crippen LogP contribution in [0.2, 0.25) is 0 Å². The van der Waals surface area contributed by atoms with Crippen molar-refractivity contribution >= 4 is 11.8 Å². The number of hydrogen-bond acceptors (Lipinski definition) is 2. The second-order valence-corrected chi connectivity index (χ2v) is 6.69. The molecule has 0 aliphatic heterocycles. The minimum absolute atomic E-state index is 0.0835. The summed E-state index contributed by atoms with van der Waals surface area (Å²) in [7, 11) is 0. The number of alkyl halides is 3. The molecule has 1 fully saturated rings. The summed E-state index contributed by atoms with van der Waals surface area (Å²) >= 11 is 0. The van der Waals surface area contributed by atoms with Gasteiger partial charge in [-0.2, -0.15) is 13.2 Å². The summed E-state index contributed by atoms with van der Waals surface area (Å²) in [5.41, 5.74) is 6.02. The van der Waals surface area contributed by atoms with Crippen molar-refractivity contribution in [3.05, 3.63) is 70.8 Å². The molecular formula is C20H19F3N2O2. The van der Waals surface area contributed by atoms with E-state index in [-0.39, 0.29) is 18.4 Å². The van der Waals surface area contributed by atoms with Gasteiger partial charge in [0.15, 0.2) is 0 Å². The number of benzene rings is 2. The first-order valence-corrected chi connectivity index (χ1v) is 8.58. The Morgan fingerprint density at radius 1 is 1.04 bits per heavy atom. The van der Waals surface area contributed by atoms with Crippen molar-refractivity contribution in [3.8, 4) is 0 Å². The normalized spacial score (nSPS) is 14.0. The third-order valence-electron chi connectivity index (χ3n) is 4.51. The smallest absolute Gasteiger partial charge is 0.366 e. The minimum atomic E-state index is -4.43. The molecule has 27 heavy (non-hydrogen) atoms. The van der Waals surface area contributed by atoms with E-state index < -0.39 is 17.6 Å². The molecule has 2 aromatic rings. The molecule has 1 saturated carbocycles. The van der Waals surface area contributed by atoms with Crippen LogP contribution in [0.25, 0.3) is 0 Å². The average Bonchev–Trinajstić information content (AvgIpc) is 3.44. The average molecular weight is 376 g/mol. The lowest BCUT2D eigenvalue weighted by molar-refractivity contribution is -0.138. The number of carbonyl (C=O) groups is 2. The van der Waals surface area contributed by atoms with E-state index in [9.17, 15) is 22.8 Å². The summed E-state index contributed by atoms with van der Waals surface area (Å²) in [4.78, 5) is 25.5. The molecule has 0 heterocycles. The lowest BCUT2D eigenvalue weighted by Crippen LogP contribution is -2.33. The second-order valence-electron chi connectivity index (χ2n) is 6.69. The van der Waals surface area contributed by atoms with E-state index in [1.807, 2.05) is 0 Å². The fourth-order valence-corrected chi connectivity index (χ4v) is 2.91. The quantitative estimate of drug-likeness (QED) is 0.838. The van der Waals surface area contributed by atoms with Gasteiger partial charge in [-0.25, -0.2) is 0 Å². The molecule has 0 atom stereocenters. The van der Waals surface area contributed by atoms with Crippen LogP contribution in [0.15, 0.2) is 48.5 Å². The predicted octanol–water partition coefficient (Wildman–Crippen LogP) is 3.54. The molecule has 7 heteroatoms. The predicted molar refractivity (Wildman–Crippen MR) is 93.7 cm³/mol. The number of primary amides is 1. The van der Waals surface area contributed by atoms with E-state index in [1.54, 1.807) is 29.2 Å². The molecule has 4 nitrogen and oxygen atoms in total. The van der Waals surface area contributed by atoms with Crippen LogP contribution in [0.1, 0.15) is 39.9 Å². The van der Waals surface area contributed by atoms with E-state index in [4.69, 9.17) is 5.73 Å². The zero-order valence-electron chi connectivity index (χ0n) is 14.5. The van der Waals surface area contributed by atoms with Crippen LogP contribution in [-0.2, 0) is 23.9 Å². The van der Waals surface area contributed by atoms with Crippen LogP contribution in [0, 0.1) is 0 Å². The van der Waals surface area contributed by atoms with Crippen LogP contribution in [-0.4, -0.2) is 22.8 Å². The van der Waals surface area contributed by atoms with Crippen LogP contribution in [0.3, 0.4) is 0 Å². The number of hydrogen-bond donors (Lipinski definition) is 1. The Labute approximate surface area is 154 Å². The van der Waals surface area contributed by atoms with Crippen molar-refractivity contribution in [1.29, 1.82) is 0 Å². The first-order chi connectivity index (χ1) is 12.7. The summed E-state index contributed by atoms with van der Waals surface area (Å²) in [6.45, 7) is 0.349. The lowest BCUT2D eigenvalue weighted by Gasteiger charge is -2.23. The molecular weight excluding hydrogens is 357 g/mol. The highest BCUT2D eigenvalue weighted by Gasteiger charge is 2.33. The molecule has 2 N–H and O–H groups in total. The van der Waals surface area contributed by atoms with E-state index in [2.05, 4.69) is 0 Å². The van der Waals surface area contributed by atoms with E-state index >= 15 is 0 Å². The van der Waals surface area contributed by atoms with Crippen LogP contribution >= 0.6 is 0 Å². The summed E-state index contributed by atoms with van der Waals surface area (Å²) in [5.74, 6) is -0.739. The maximum absolute atomic E-state index is 12.9. The van der Waals surface area contributed by atoms with Gasteiger partial charge in [0.25, 0.3) is 0 Å². The van der Waals surface area contributed by atoms with Crippen molar-refractivity contribution < 1.29 is 22.8 Å². The van der Waals surface area contributed by atoms with Crippen LogP contribution < -0.4 is 5.73 Å². The highest BCUT2D eigenvalue weighted by Crippen LogP contribution is 2.31. The first-order valence-electron chi connectivity index (χ1n) is 8.58. The summed E-state index contributed by atoms with van der Waals surface area (Å²) in [6.07, 6.45) is -2.75. The molecule has 142 valence electrons. The molecule has 0 bridgehead atoms. The number of carbonyl (C=O) groups excluding carboxylic acids is 2. The maximum atomic E-state index is 12.9. The van der Waals surface area contributed by atoms with Gasteiger partial charge in [-0.05, 0) is 42.2 Å². The Hall–Kier alpha value is -2.83. The number of rotatable bonds is 6. The Bertz CT molecular complexity index is 843. The van der Waals surface area contributed by atoms with Crippen molar-refractivity contribution in [2.45, 2.75) is 38.0 Å². The SMILES string of the molecule is NC(=O)c1ccc(CN(C(=O)Cc2cccc(C(F)(F)F)c2)C2CC2)cc1. The molecule has 1 aliphatic rings. The number of nitrogens with zero attached hydrogens (tertiary/aromatic N) is 1. The Kier molecular flexibility index (Phi) is 5.21. The third-order valence-corrected chi connectivity index (χ3v) is 4.51. The van der Waals surface area contributed by atoms with Gasteiger partial charge in [0.1, 0.15) is 0 Å². The zero-order chi connectivity index (χ0) is 19.6. The highest BCUT2D eigenvalue weighted by atomic mass is 19.4. The van der Waals surface area contributed by atoms with Crippen molar-refractivity contribution in [2.75, 3.05) is 0 Å². The van der Waals surface area contributed by atoms with Crippen LogP contribution in [0.5, 0.6) is 0 Å². The Morgan fingerprint density at radius 2 is 1.70 bits per heavy atom. The topological polar surface area (TPSA) is 63.4 Å². The van der Waals surface area contributed by atoms with Gasteiger partial charge in [0.05, 0.1) is 12.0 Å². The molecule has 2 aromatic carbocycles. The second kappa shape index (κ2) is 7.42. The van der Waals surface area contributed by atoms with Crippen molar-refractivity contribution in [3.63, 3.8) is 0 Å². The summed E-state index contributed by atoms with van der Waals surface area (Å²) < 4.78 is 38.6. The molecule has 0 saturated heterocycles. The highest BCUT2D eigenvalue weighted by molar-refractivity contribution is 5.92. The van der Waals surface area contributed by atoms with Gasteiger partial charge in [-0.1, -0.05) is 30.3 Å². The molecule has 0 radical (unpaired) electrons. The molecule has 2 amide bonds. The van der Waals surface area contributed by atoms with Gasteiger partial charge in [0, 0.05) is 18.2 Å². The first kappa shape index (κ1) is 18.9. The monoisotopic (exact) mass is 376 g/mol. The number of nitrogens with two attached hydrogens (primary N) is 1. The Balaban J connectivity index is 1.72. The fourth-order valence-electron chi connectivity index (χ4n) is 2.91. The number of halogens is 3. The standard InChI is InChI=1S/C20H19F3N2O2/c21-20(22,23)16-3-1-2-14(10-16)11-18(26)25(17-8-9-17)12-13-4-6-15(7-5-13)19(24)27/h1-7,10,17H,8-9,11-12H2,(H2,24,27). The summed E-state index contributed by atoms with van der Waals surface area (Å²) in [5, 5.41) is 0. The maximum Gasteiger partial charge on any atom is 0.416 e. The molecule has 0 spiro atoms. The molecule has 3 rings (SSSR count). The van der Waals surface area contributed by atoms with Gasteiger partial charge in [-0.15, -0.1) is 0 Å². The van der Waals surface area contributed by atoms with E-state index in [1.165, 1.54) is 12.1 Å². The van der Waals surface area contributed by atoms with Gasteiger partial charge in [0.2, 0.25) is 11.8 Å². The molecule has 0 aromatic heterocycles. The minimum Gasteiger partial charge on any atom is -0.366 e. The van der Waals surface area contributed by atoms with Crippen molar-refractivity contribution in [1.82, 2.24) is 4.90 Å². The third kappa shape index (κ3) is 4.87. The largest absolute Gasteiger partial charge is 0.416 e. The zero-order valence-corrected chi connectivity index (χ0v) is 14.5. The van der Waals surface area contributed by atoms with Gasteiger partial charge >= 0.3 is 6.18 Å². The fraction of sp³-hybridized carbons (Fsp3) is 0.300. The number of amides is 2. The molecule has 1 aliphatic carbocycles.